The van der Waals surface area contributed by atoms with Crippen molar-refractivity contribution in [2.75, 3.05) is 11.4 Å². The number of hydrogen-bond acceptors (Lipinski definition) is 8. The van der Waals surface area contributed by atoms with Crippen LogP contribution >= 0.6 is 0 Å². The zero-order chi connectivity index (χ0) is 27.4. The van der Waals surface area contributed by atoms with Crippen molar-refractivity contribution in [1.29, 1.82) is 0 Å². The summed E-state index contributed by atoms with van der Waals surface area (Å²) in [5.74, 6) is -4.10. The van der Waals surface area contributed by atoms with E-state index in [1.54, 1.807) is 34.6 Å². The molecule has 2 fully saturated rings. The van der Waals surface area contributed by atoms with E-state index in [1.807, 2.05) is 0 Å². The Balaban J connectivity index is 1.82. The molecule has 200 valence electrons. The van der Waals surface area contributed by atoms with Gasteiger partial charge < -0.3 is 14.4 Å². The van der Waals surface area contributed by atoms with E-state index in [9.17, 15) is 19.2 Å². The standard InChI is InChI=1S/C24H29F2N5O6/c1-10-9-31-17-13(8-24(18(31)12(3)36-10)19(32)27-21(34)28-20(24)33)7-14(15(25)16(17)26)11(2)29-30-22(35)37-23(4,5)6/h7,10,12,18H,8-9H2,1-6H3,(H,30,35)(H2,27,28,32,33,34)/t10-,12+,18-/m1/s1. The molecule has 5 amide bonds. The van der Waals surface area contributed by atoms with Crippen LogP contribution in [0.2, 0.25) is 0 Å². The van der Waals surface area contributed by atoms with Crippen molar-refractivity contribution in [3.63, 3.8) is 0 Å². The number of amides is 5. The number of benzene rings is 1. The first-order chi connectivity index (χ1) is 17.2. The van der Waals surface area contributed by atoms with Gasteiger partial charge in [0.1, 0.15) is 5.60 Å². The Morgan fingerprint density at radius 2 is 1.81 bits per heavy atom. The van der Waals surface area contributed by atoms with E-state index < -0.39 is 64.8 Å². The largest absolute Gasteiger partial charge is 0.443 e. The van der Waals surface area contributed by atoms with Crippen LogP contribution in [0.25, 0.3) is 0 Å². The highest BCUT2D eigenvalue weighted by atomic mass is 19.2. The minimum Gasteiger partial charge on any atom is -0.443 e. The number of ether oxygens (including phenoxy) is 2. The second-order valence-corrected chi connectivity index (χ2v) is 10.5. The van der Waals surface area contributed by atoms with Crippen LogP contribution in [0, 0.1) is 17.0 Å². The lowest BCUT2D eigenvalue weighted by molar-refractivity contribution is -0.153. The molecule has 11 nitrogen and oxygen atoms in total. The molecule has 1 spiro atoms. The average Bonchev–Trinajstić information content (AvgIpc) is 2.76. The van der Waals surface area contributed by atoms with Gasteiger partial charge in [-0.2, -0.15) is 5.10 Å². The second kappa shape index (κ2) is 9.05. The number of fused-ring (bicyclic) bond motifs is 4. The summed E-state index contributed by atoms with van der Waals surface area (Å²) in [6.45, 7) is 9.77. The van der Waals surface area contributed by atoms with Gasteiger partial charge in [0.05, 0.1) is 29.6 Å². The molecule has 0 aliphatic carbocycles. The molecule has 13 heteroatoms. The van der Waals surface area contributed by atoms with E-state index in [0.717, 1.165) is 0 Å². The van der Waals surface area contributed by atoms with E-state index in [1.165, 1.54) is 17.9 Å². The van der Waals surface area contributed by atoms with Gasteiger partial charge in [0, 0.05) is 18.5 Å². The zero-order valence-electron chi connectivity index (χ0n) is 21.3. The fourth-order valence-electron chi connectivity index (χ4n) is 5.29. The van der Waals surface area contributed by atoms with Crippen LogP contribution in [-0.4, -0.2) is 60.0 Å². The number of carbonyl (C=O) groups is 4. The third kappa shape index (κ3) is 4.52. The van der Waals surface area contributed by atoms with E-state index in [0.29, 0.717) is 0 Å². The second-order valence-electron chi connectivity index (χ2n) is 10.5. The molecule has 3 N–H and O–H groups in total. The molecule has 0 radical (unpaired) electrons. The van der Waals surface area contributed by atoms with Crippen molar-refractivity contribution in [1.82, 2.24) is 16.1 Å². The predicted molar refractivity (Wildman–Crippen MR) is 127 cm³/mol. The molecule has 3 aliphatic heterocycles. The fourth-order valence-corrected chi connectivity index (χ4v) is 5.29. The Bertz CT molecular complexity index is 1210. The molecule has 0 bridgehead atoms. The number of hydrogen-bond donors (Lipinski definition) is 3. The van der Waals surface area contributed by atoms with Crippen molar-refractivity contribution in [2.24, 2.45) is 10.5 Å². The number of anilines is 1. The lowest BCUT2D eigenvalue weighted by atomic mass is 9.66. The maximum atomic E-state index is 15.7. The highest BCUT2D eigenvalue weighted by Crippen LogP contribution is 2.48. The summed E-state index contributed by atoms with van der Waals surface area (Å²) >= 11 is 0. The minimum absolute atomic E-state index is 0.0707. The van der Waals surface area contributed by atoms with Crippen LogP contribution < -0.4 is 21.0 Å². The van der Waals surface area contributed by atoms with Crippen molar-refractivity contribution in [3.05, 3.63) is 28.8 Å². The van der Waals surface area contributed by atoms with Gasteiger partial charge in [0.15, 0.2) is 17.0 Å². The smallest absolute Gasteiger partial charge is 0.428 e. The first kappa shape index (κ1) is 26.5. The first-order valence-electron chi connectivity index (χ1n) is 11.8. The summed E-state index contributed by atoms with van der Waals surface area (Å²) in [5.41, 5.74) is -0.774. The maximum absolute atomic E-state index is 15.7. The fraction of sp³-hybridized carbons (Fsp3) is 0.542. The Kier molecular flexibility index (Phi) is 6.47. The number of halogens is 2. The summed E-state index contributed by atoms with van der Waals surface area (Å²) in [5, 5.41) is 8.10. The van der Waals surface area contributed by atoms with Crippen LogP contribution in [0.15, 0.2) is 11.2 Å². The van der Waals surface area contributed by atoms with Crippen LogP contribution in [0.4, 0.5) is 24.1 Å². The third-order valence-corrected chi connectivity index (χ3v) is 6.57. The summed E-state index contributed by atoms with van der Waals surface area (Å²) in [6, 6.07) is -0.672. The maximum Gasteiger partial charge on any atom is 0.428 e. The molecule has 37 heavy (non-hydrogen) atoms. The number of rotatable bonds is 2. The van der Waals surface area contributed by atoms with Crippen molar-refractivity contribution >= 4 is 35.3 Å². The van der Waals surface area contributed by atoms with Gasteiger partial charge in [-0.1, -0.05) is 0 Å². The highest BCUT2D eigenvalue weighted by Gasteiger charge is 2.63. The van der Waals surface area contributed by atoms with E-state index in [-0.39, 0.29) is 35.5 Å². The number of carbonyl (C=O) groups excluding carboxylic acids is 4. The summed E-state index contributed by atoms with van der Waals surface area (Å²) in [4.78, 5) is 51.7. The Morgan fingerprint density at radius 1 is 1.19 bits per heavy atom. The molecule has 1 aromatic carbocycles. The summed E-state index contributed by atoms with van der Waals surface area (Å²) < 4.78 is 42.0. The van der Waals surface area contributed by atoms with Crippen LogP contribution in [0.1, 0.15) is 52.7 Å². The van der Waals surface area contributed by atoms with Crippen LogP contribution in [0.3, 0.4) is 0 Å². The third-order valence-electron chi connectivity index (χ3n) is 6.57. The molecule has 3 aliphatic rings. The minimum atomic E-state index is -1.85. The Labute approximate surface area is 211 Å². The number of hydrazone groups is 1. The molecule has 2 saturated heterocycles. The van der Waals surface area contributed by atoms with Crippen molar-refractivity contribution in [2.45, 2.75) is 71.8 Å². The lowest BCUT2D eigenvalue weighted by Crippen LogP contribution is -2.75. The average molecular weight is 522 g/mol. The Hall–Kier alpha value is -3.61. The highest BCUT2D eigenvalue weighted by molar-refractivity contribution is 6.20. The van der Waals surface area contributed by atoms with E-state index in [4.69, 9.17) is 9.47 Å². The monoisotopic (exact) mass is 521 g/mol. The molecule has 1 aromatic rings. The van der Waals surface area contributed by atoms with Crippen molar-refractivity contribution < 1.29 is 37.4 Å². The van der Waals surface area contributed by atoms with Gasteiger partial charge in [-0.05, 0) is 53.2 Å². The molecular formula is C24H29F2N5O6. The first-order valence-corrected chi connectivity index (χ1v) is 11.8. The van der Waals surface area contributed by atoms with Gasteiger partial charge in [0.25, 0.3) is 0 Å². The molecule has 0 saturated carbocycles. The number of urea groups is 1. The zero-order valence-corrected chi connectivity index (χ0v) is 21.3. The van der Waals surface area contributed by atoms with Gasteiger partial charge in [-0.25, -0.2) is 23.8 Å². The number of barbiturate groups is 1. The molecular weight excluding hydrogens is 492 g/mol. The van der Waals surface area contributed by atoms with Gasteiger partial charge >= 0.3 is 12.1 Å². The van der Waals surface area contributed by atoms with Gasteiger partial charge in [-0.15, -0.1) is 0 Å². The number of nitrogens with zero attached hydrogens (tertiary/aromatic N) is 2. The molecule has 3 atom stereocenters. The summed E-state index contributed by atoms with van der Waals surface area (Å²) in [6.07, 6.45) is -2.36. The molecule has 0 aromatic heterocycles. The van der Waals surface area contributed by atoms with E-state index >= 15 is 8.78 Å². The molecule has 0 unspecified atom stereocenters. The van der Waals surface area contributed by atoms with Crippen LogP contribution in [-0.2, 0) is 25.5 Å². The molecule has 4 rings (SSSR count). The van der Waals surface area contributed by atoms with Gasteiger partial charge in [0.2, 0.25) is 11.8 Å². The number of imide groups is 2. The molecule has 3 heterocycles. The SMILES string of the molecule is CC(=NNC(=O)OC(C)(C)C)c1cc2c(c(F)c1F)N1C[C@@H](C)O[C@@H](C)[C@@H]1C1(C2)C(=O)NC(=O)NC1=O. The lowest BCUT2D eigenvalue weighted by Gasteiger charge is -2.55. The van der Waals surface area contributed by atoms with Crippen LogP contribution in [0.5, 0.6) is 0 Å². The predicted octanol–water partition coefficient (Wildman–Crippen LogP) is 2.10. The number of morpholine rings is 1. The Morgan fingerprint density at radius 3 is 2.41 bits per heavy atom. The van der Waals surface area contributed by atoms with E-state index in [2.05, 4.69) is 21.2 Å². The van der Waals surface area contributed by atoms with Crippen molar-refractivity contribution in [3.8, 4) is 0 Å². The topological polar surface area (TPSA) is 138 Å². The quantitative estimate of drug-likeness (QED) is 0.308. The summed E-state index contributed by atoms with van der Waals surface area (Å²) in [7, 11) is 0. The number of nitrogens with one attached hydrogen (secondary N) is 3. The normalized spacial score (nSPS) is 25.2. The van der Waals surface area contributed by atoms with Gasteiger partial charge in [-0.3, -0.25) is 20.2 Å².